The molecule has 32 heavy (non-hydrogen) atoms. The van der Waals surface area contributed by atoms with Crippen LogP contribution in [0.4, 0.5) is 0 Å². The van der Waals surface area contributed by atoms with Gasteiger partial charge in [0, 0.05) is 0 Å². The fraction of sp³-hybridized carbons (Fsp3) is 0.714. The molecule has 3 nitrogen and oxygen atoms in total. The number of unbranched alkanes of at least 4 members (excludes halogenated alkanes) is 17. The third-order valence-corrected chi connectivity index (χ3v) is 6.94. The first kappa shape index (κ1) is 28.9. The molecule has 0 unspecified atom stereocenters. The second-order valence-electron chi connectivity index (χ2n) is 9.04. The summed E-state index contributed by atoms with van der Waals surface area (Å²) in [7, 11) is -3.58. The summed E-state index contributed by atoms with van der Waals surface area (Å²) in [6.07, 6.45) is 25.4. The Labute approximate surface area is 199 Å². The van der Waals surface area contributed by atoms with Crippen LogP contribution in [0.3, 0.4) is 0 Å². The third-order valence-electron chi connectivity index (χ3n) is 5.97. The van der Waals surface area contributed by atoms with Crippen LogP contribution in [0.5, 0.6) is 0 Å². The number of rotatable bonds is 22. The predicted octanol–water partition coefficient (Wildman–Crippen LogP) is 9.05. The van der Waals surface area contributed by atoms with E-state index in [0.717, 1.165) is 23.8 Å². The van der Waals surface area contributed by atoms with Gasteiger partial charge in [-0.1, -0.05) is 146 Å². The maximum Gasteiger partial charge on any atom is 0.290 e. The zero-order valence-electron chi connectivity index (χ0n) is 20.6. The van der Waals surface area contributed by atoms with Gasteiger partial charge in [-0.2, -0.15) is 8.42 Å². The van der Waals surface area contributed by atoms with Crippen molar-refractivity contribution in [3.8, 4) is 0 Å². The van der Waals surface area contributed by atoms with Crippen LogP contribution in [-0.4, -0.2) is 15.0 Å². The second-order valence-corrected chi connectivity index (χ2v) is 10.5. The Morgan fingerprint density at radius 3 is 1.47 bits per heavy atom. The Bertz CT molecular complexity index is 653. The lowest BCUT2D eigenvalue weighted by atomic mass is 10.0. The summed E-state index contributed by atoms with van der Waals surface area (Å²) >= 11 is 0. The van der Waals surface area contributed by atoms with Gasteiger partial charge in [-0.3, -0.25) is 4.18 Å². The zero-order valence-corrected chi connectivity index (χ0v) is 21.4. The molecule has 0 atom stereocenters. The molecule has 1 aromatic carbocycles. The van der Waals surface area contributed by atoms with Gasteiger partial charge in [0.1, 0.15) is 0 Å². The van der Waals surface area contributed by atoms with Crippen LogP contribution in [0.1, 0.15) is 128 Å². The molecule has 0 amide bonds. The van der Waals surface area contributed by atoms with E-state index in [1.807, 2.05) is 30.3 Å². The first-order chi connectivity index (χ1) is 15.6. The highest BCUT2D eigenvalue weighted by Gasteiger charge is 2.05. The van der Waals surface area contributed by atoms with Crippen molar-refractivity contribution in [3.63, 3.8) is 0 Å². The first-order valence-electron chi connectivity index (χ1n) is 13.3. The highest BCUT2D eigenvalue weighted by Crippen LogP contribution is 2.14. The lowest BCUT2D eigenvalue weighted by molar-refractivity contribution is 0.311. The van der Waals surface area contributed by atoms with Crippen LogP contribution >= 0.6 is 0 Å². The van der Waals surface area contributed by atoms with Gasteiger partial charge in [0.05, 0.1) is 12.0 Å². The molecule has 1 aromatic rings. The van der Waals surface area contributed by atoms with Crippen LogP contribution in [0.15, 0.2) is 35.7 Å². The third kappa shape index (κ3) is 18.4. The quantitative estimate of drug-likeness (QED) is 0.127. The fourth-order valence-corrected chi connectivity index (χ4v) is 4.70. The molecule has 0 saturated heterocycles. The van der Waals surface area contributed by atoms with E-state index >= 15 is 0 Å². The maximum absolute atomic E-state index is 11.9. The Balaban J connectivity index is 1.82. The van der Waals surface area contributed by atoms with Crippen molar-refractivity contribution in [3.05, 3.63) is 41.3 Å². The van der Waals surface area contributed by atoms with Crippen molar-refractivity contribution in [2.24, 2.45) is 0 Å². The molecule has 184 valence electrons. The molecular formula is C28H48O3S. The van der Waals surface area contributed by atoms with E-state index < -0.39 is 10.1 Å². The second kappa shape index (κ2) is 20.5. The summed E-state index contributed by atoms with van der Waals surface area (Å²) in [5.41, 5.74) is 0.854. The molecule has 1 rings (SSSR count). The SMILES string of the molecule is CCCCCCCCCCCCCCCCCCCCOS(=O)(=O)C=Cc1ccccc1. The van der Waals surface area contributed by atoms with E-state index in [1.165, 1.54) is 103 Å². The molecule has 0 saturated carbocycles. The van der Waals surface area contributed by atoms with Gasteiger partial charge in [0.15, 0.2) is 0 Å². The van der Waals surface area contributed by atoms with Crippen molar-refractivity contribution >= 4 is 16.2 Å². The van der Waals surface area contributed by atoms with E-state index in [0.29, 0.717) is 0 Å². The Morgan fingerprint density at radius 2 is 1.03 bits per heavy atom. The Kier molecular flexibility index (Phi) is 18.5. The van der Waals surface area contributed by atoms with Gasteiger partial charge in [-0.25, -0.2) is 0 Å². The molecule has 0 fully saturated rings. The lowest BCUT2D eigenvalue weighted by Crippen LogP contribution is -2.03. The van der Waals surface area contributed by atoms with Crippen molar-refractivity contribution in [1.29, 1.82) is 0 Å². The minimum atomic E-state index is -3.58. The van der Waals surface area contributed by atoms with E-state index in [1.54, 1.807) is 6.08 Å². The zero-order chi connectivity index (χ0) is 23.2. The van der Waals surface area contributed by atoms with E-state index in [4.69, 9.17) is 4.18 Å². The average molecular weight is 465 g/mol. The summed E-state index contributed by atoms with van der Waals surface area (Å²) in [6, 6.07) is 9.39. The monoisotopic (exact) mass is 464 g/mol. The van der Waals surface area contributed by atoms with Crippen LogP contribution in [0, 0.1) is 0 Å². The summed E-state index contributed by atoms with van der Waals surface area (Å²) in [5.74, 6) is 0. The van der Waals surface area contributed by atoms with Gasteiger partial charge >= 0.3 is 0 Å². The van der Waals surface area contributed by atoms with E-state index in [2.05, 4.69) is 6.92 Å². The molecule has 0 radical (unpaired) electrons. The number of benzene rings is 1. The van der Waals surface area contributed by atoms with Crippen molar-refractivity contribution in [2.75, 3.05) is 6.61 Å². The van der Waals surface area contributed by atoms with Crippen molar-refractivity contribution in [2.45, 2.75) is 122 Å². The molecule has 0 aliphatic rings. The normalized spacial score (nSPS) is 12.0. The minimum Gasteiger partial charge on any atom is -0.267 e. The molecular weight excluding hydrogens is 416 g/mol. The van der Waals surface area contributed by atoms with Crippen LogP contribution in [0.25, 0.3) is 6.08 Å². The maximum atomic E-state index is 11.9. The molecule has 0 N–H and O–H groups in total. The average Bonchev–Trinajstić information content (AvgIpc) is 2.80. The van der Waals surface area contributed by atoms with Crippen LogP contribution in [0.2, 0.25) is 0 Å². The van der Waals surface area contributed by atoms with Gasteiger partial charge < -0.3 is 0 Å². The predicted molar refractivity (Wildman–Crippen MR) is 139 cm³/mol. The largest absolute Gasteiger partial charge is 0.290 e. The molecule has 0 aromatic heterocycles. The fourth-order valence-electron chi connectivity index (χ4n) is 3.94. The first-order valence-corrected chi connectivity index (χ1v) is 14.7. The van der Waals surface area contributed by atoms with Gasteiger partial charge in [0.25, 0.3) is 10.1 Å². The van der Waals surface area contributed by atoms with Gasteiger partial charge in [0.2, 0.25) is 0 Å². The highest BCUT2D eigenvalue weighted by atomic mass is 32.2. The summed E-state index contributed by atoms with van der Waals surface area (Å²) in [4.78, 5) is 0. The molecule has 0 aliphatic heterocycles. The standard InChI is InChI=1S/C28H48O3S/c1-2-3-4-5-6-7-8-9-10-11-12-13-14-15-16-17-18-22-26-31-32(29,30)27-25-28-23-20-19-21-24-28/h19-21,23-25,27H,2-18,22,26H2,1H3. The van der Waals surface area contributed by atoms with Gasteiger partial charge in [-0.15, -0.1) is 0 Å². The van der Waals surface area contributed by atoms with Gasteiger partial charge in [-0.05, 0) is 18.1 Å². The van der Waals surface area contributed by atoms with E-state index in [9.17, 15) is 8.42 Å². The van der Waals surface area contributed by atoms with Crippen molar-refractivity contribution < 1.29 is 12.6 Å². The molecule has 0 bridgehead atoms. The Morgan fingerprint density at radius 1 is 0.625 bits per heavy atom. The molecule has 0 spiro atoms. The summed E-state index contributed by atoms with van der Waals surface area (Å²) in [6.45, 7) is 2.56. The molecule has 4 heteroatoms. The van der Waals surface area contributed by atoms with E-state index in [-0.39, 0.29) is 6.61 Å². The number of hydrogen-bond donors (Lipinski definition) is 0. The molecule has 0 aliphatic carbocycles. The minimum absolute atomic E-state index is 0.278. The molecule has 0 heterocycles. The number of hydrogen-bond acceptors (Lipinski definition) is 3. The van der Waals surface area contributed by atoms with Crippen LogP contribution < -0.4 is 0 Å². The van der Waals surface area contributed by atoms with Crippen LogP contribution in [-0.2, 0) is 14.3 Å². The topological polar surface area (TPSA) is 43.4 Å². The smallest absolute Gasteiger partial charge is 0.267 e. The Hall–Kier alpha value is -1.13. The lowest BCUT2D eigenvalue weighted by Gasteiger charge is -2.04. The summed E-state index contributed by atoms with van der Waals surface area (Å²) in [5, 5.41) is 1.15. The van der Waals surface area contributed by atoms with Crippen molar-refractivity contribution in [1.82, 2.24) is 0 Å². The highest BCUT2D eigenvalue weighted by molar-refractivity contribution is 7.89. The summed E-state index contributed by atoms with van der Waals surface area (Å²) < 4.78 is 28.8.